The average Bonchev–Trinajstić information content (AvgIpc) is 2.68. The first kappa shape index (κ1) is 12.3. The predicted octanol–water partition coefficient (Wildman–Crippen LogP) is 3.05. The number of nitrogens with zero attached hydrogens (tertiary/aromatic N) is 2. The van der Waals surface area contributed by atoms with E-state index >= 15 is 0 Å². The van der Waals surface area contributed by atoms with Crippen LogP contribution in [0.3, 0.4) is 0 Å². The Hall–Kier alpha value is -1.13. The van der Waals surface area contributed by atoms with Crippen molar-refractivity contribution in [3.8, 4) is 5.69 Å². The van der Waals surface area contributed by atoms with Crippen molar-refractivity contribution in [2.24, 2.45) is 0 Å². The monoisotopic (exact) mass is 293 g/mol. The number of nitrogens with one attached hydrogen (secondary N) is 1. The Morgan fingerprint density at radius 2 is 2.24 bits per heavy atom. The highest BCUT2D eigenvalue weighted by atomic mass is 79.9. The molecular weight excluding hydrogens is 278 g/mol. The lowest BCUT2D eigenvalue weighted by Gasteiger charge is -2.06. The molecule has 1 N–H and O–H groups in total. The summed E-state index contributed by atoms with van der Waals surface area (Å²) in [6, 6.07) is 8.16. The first-order valence-electron chi connectivity index (χ1n) is 5.72. The lowest BCUT2D eigenvalue weighted by molar-refractivity contribution is 0.721. The summed E-state index contributed by atoms with van der Waals surface area (Å²) < 4.78 is 3.04. The standard InChI is InChI=1S/C13H16BrN3/c1-3-15-8-11-9-16-17(10(11)2)13-6-4-5-12(14)7-13/h4-7,9,15H,3,8H2,1-2H3. The number of halogens is 1. The van der Waals surface area contributed by atoms with Crippen LogP contribution >= 0.6 is 15.9 Å². The number of hydrogen-bond acceptors (Lipinski definition) is 2. The highest BCUT2D eigenvalue weighted by Gasteiger charge is 2.07. The van der Waals surface area contributed by atoms with Gasteiger partial charge in [-0.1, -0.05) is 28.9 Å². The molecule has 0 fully saturated rings. The van der Waals surface area contributed by atoms with Crippen molar-refractivity contribution >= 4 is 15.9 Å². The van der Waals surface area contributed by atoms with Crippen molar-refractivity contribution < 1.29 is 0 Å². The van der Waals surface area contributed by atoms with Gasteiger partial charge in [-0.05, 0) is 31.7 Å². The second-order valence-electron chi connectivity index (χ2n) is 3.93. The lowest BCUT2D eigenvalue weighted by atomic mass is 10.2. The molecule has 1 heterocycles. The van der Waals surface area contributed by atoms with Crippen LogP contribution in [0.2, 0.25) is 0 Å². The Labute approximate surface area is 110 Å². The Bertz CT molecular complexity index is 505. The van der Waals surface area contributed by atoms with E-state index in [1.807, 2.05) is 23.0 Å². The van der Waals surface area contributed by atoms with E-state index in [4.69, 9.17) is 0 Å². The van der Waals surface area contributed by atoms with Crippen molar-refractivity contribution in [2.75, 3.05) is 6.54 Å². The minimum Gasteiger partial charge on any atom is -0.313 e. The van der Waals surface area contributed by atoms with Crippen LogP contribution in [0.25, 0.3) is 5.69 Å². The highest BCUT2D eigenvalue weighted by molar-refractivity contribution is 9.10. The molecule has 1 aromatic carbocycles. The van der Waals surface area contributed by atoms with Crippen molar-refractivity contribution in [1.82, 2.24) is 15.1 Å². The molecule has 2 aromatic rings. The van der Waals surface area contributed by atoms with E-state index in [0.717, 1.165) is 23.2 Å². The van der Waals surface area contributed by atoms with E-state index in [2.05, 4.69) is 52.3 Å². The summed E-state index contributed by atoms with van der Waals surface area (Å²) in [5.41, 5.74) is 3.51. The third-order valence-corrected chi connectivity index (χ3v) is 3.22. The molecule has 0 unspecified atom stereocenters. The van der Waals surface area contributed by atoms with Gasteiger partial charge in [0, 0.05) is 22.3 Å². The fourth-order valence-electron chi connectivity index (χ4n) is 1.74. The largest absolute Gasteiger partial charge is 0.313 e. The van der Waals surface area contributed by atoms with E-state index in [-0.39, 0.29) is 0 Å². The fourth-order valence-corrected chi connectivity index (χ4v) is 2.13. The minimum absolute atomic E-state index is 0.871. The van der Waals surface area contributed by atoms with Gasteiger partial charge < -0.3 is 5.32 Å². The zero-order valence-corrected chi connectivity index (χ0v) is 11.7. The van der Waals surface area contributed by atoms with E-state index in [1.54, 1.807) is 0 Å². The van der Waals surface area contributed by atoms with Gasteiger partial charge in [0.05, 0.1) is 11.9 Å². The smallest absolute Gasteiger partial charge is 0.0660 e. The maximum atomic E-state index is 4.44. The van der Waals surface area contributed by atoms with Crippen LogP contribution in [-0.4, -0.2) is 16.3 Å². The Balaban J connectivity index is 2.30. The van der Waals surface area contributed by atoms with Crippen LogP contribution in [0, 0.1) is 6.92 Å². The van der Waals surface area contributed by atoms with Gasteiger partial charge in [-0.25, -0.2) is 4.68 Å². The normalized spacial score (nSPS) is 10.8. The molecule has 0 saturated heterocycles. The van der Waals surface area contributed by atoms with Crippen molar-refractivity contribution in [2.45, 2.75) is 20.4 Å². The van der Waals surface area contributed by atoms with Crippen LogP contribution in [0.1, 0.15) is 18.2 Å². The number of rotatable bonds is 4. The topological polar surface area (TPSA) is 29.9 Å². The number of aromatic nitrogens is 2. The van der Waals surface area contributed by atoms with Gasteiger partial charge in [-0.15, -0.1) is 0 Å². The van der Waals surface area contributed by atoms with E-state index < -0.39 is 0 Å². The van der Waals surface area contributed by atoms with Crippen molar-refractivity contribution in [3.05, 3.63) is 46.2 Å². The molecule has 17 heavy (non-hydrogen) atoms. The predicted molar refractivity (Wildman–Crippen MR) is 73.4 cm³/mol. The molecule has 0 radical (unpaired) electrons. The Kier molecular flexibility index (Phi) is 3.97. The molecule has 0 aliphatic heterocycles. The fraction of sp³-hybridized carbons (Fsp3) is 0.308. The second kappa shape index (κ2) is 5.47. The SMILES string of the molecule is CCNCc1cnn(-c2cccc(Br)c2)c1C. The molecule has 0 bridgehead atoms. The van der Waals surface area contributed by atoms with E-state index in [0.29, 0.717) is 0 Å². The summed E-state index contributed by atoms with van der Waals surface area (Å²) in [4.78, 5) is 0. The Morgan fingerprint density at radius 3 is 2.94 bits per heavy atom. The second-order valence-corrected chi connectivity index (χ2v) is 4.84. The van der Waals surface area contributed by atoms with Gasteiger partial charge in [0.25, 0.3) is 0 Å². The summed E-state index contributed by atoms with van der Waals surface area (Å²) >= 11 is 3.48. The summed E-state index contributed by atoms with van der Waals surface area (Å²) in [5, 5.41) is 7.75. The van der Waals surface area contributed by atoms with Crippen LogP contribution in [0.15, 0.2) is 34.9 Å². The molecule has 0 atom stereocenters. The lowest BCUT2D eigenvalue weighted by Crippen LogP contribution is -2.12. The third kappa shape index (κ3) is 2.76. The molecule has 0 aliphatic rings. The number of hydrogen-bond donors (Lipinski definition) is 1. The third-order valence-electron chi connectivity index (χ3n) is 2.73. The summed E-state index contributed by atoms with van der Waals surface area (Å²) in [6.45, 7) is 6.05. The maximum absolute atomic E-state index is 4.44. The quantitative estimate of drug-likeness (QED) is 0.939. The van der Waals surface area contributed by atoms with Gasteiger partial charge in [0.15, 0.2) is 0 Å². The first-order chi connectivity index (χ1) is 8.22. The molecular formula is C13H16BrN3. The summed E-state index contributed by atoms with van der Waals surface area (Å²) in [5.74, 6) is 0. The van der Waals surface area contributed by atoms with Gasteiger partial charge >= 0.3 is 0 Å². The molecule has 1 aromatic heterocycles. The van der Waals surface area contributed by atoms with Crippen LogP contribution in [0.4, 0.5) is 0 Å². The van der Waals surface area contributed by atoms with Crippen LogP contribution < -0.4 is 5.32 Å². The maximum Gasteiger partial charge on any atom is 0.0660 e. The zero-order valence-electron chi connectivity index (χ0n) is 10.1. The summed E-state index contributed by atoms with van der Waals surface area (Å²) in [6.07, 6.45) is 1.93. The minimum atomic E-state index is 0.871. The first-order valence-corrected chi connectivity index (χ1v) is 6.52. The average molecular weight is 294 g/mol. The molecule has 4 heteroatoms. The molecule has 2 rings (SSSR count). The van der Waals surface area contributed by atoms with Crippen molar-refractivity contribution in [1.29, 1.82) is 0 Å². The highest BCUT2D eigenvalue weighted by Crippen LogP contribution is 2.18. The molecule has 0 saturated carbocycles. The molecule has 0 aliphatic carbocycles. The summed E-state index contributed by atoms with van der Waals surface area (Å²) in [7, 11) is 0. The van der Waals surface area contributed by atoms with Gasteiger partial charge in [-0.3, -0.25) is 0 Å². The molecule has 0 spiro atoms. The van der Waals surface area contributed by atoms with Crippen LogP contribution in [-0.2, 0) is 6.54 Å². The molecule has 90 valence electrons. The van der Waals surface area contributed by atoms with Crippen molar-refractivity contribution in [3.63, 3.8) is 0 Å². The van der Waals surface area contributed by atoms with Gasteiger partial charge in [-0.2, -0.15) is 5.10 Å². The van der Waals surface area contributed by atoms with E-state index in [1.165, 1.54) is 11.3 Å². The Morgan fingerprint density at radius 1 is 1.41 bits per heavy atom. The molecule has 3 nitrogen and oxygen atoms in total. The molecule has 0 amide bonds. The van der Waals surface area contributed by atoms with E-state index in [9.17, 15) is 0 Å². The number of benzene rings is 1. The van der Waals surface area contributed by atoms with Gasteiger partial charge in [0.2, 0.25) is 0 Å². The van der Waals surface area contributed by atoms with Gasteiger partial charge in [0.1, 0.15) is 0 Å². The zero-order chi connectivity index (χ0) is 12.3. The van der Waals surface area contributed by atoms with Crippen LogP contribution in [0.5, 0.6) is 0 Å².